The molecule has 0 bridgehead atoms. The van der Waals surface area contributed by atoms with Crippen molar-refractivity contribution < 1.29 is 0 Å². The first-order valence-electron chi connectivity index (χ1n) is 7.73. The lowest BCUT2D eigenvalue weighted by Crippen LogP contribution is -2.28. The van der Waals surface area contributed by atoms with Crippen LogP contribution in [0.15, 0.2) is 12.1 Å². The van der Waals surface area contributed by atoms with E-state index in [-0.39, 0.29) is 0 Å². The molecule has 2 rings (SSSR count). The standard InChI is InChI=1S/C16H26ClN3/c1-4-18-16-8-7-14(17)15(19-16)11-20(13-5-6-13)10-9-12(2)3/h7-8,12-13H,4-6,9-11H2,1-3H3,(H,18,19). The summed E-state index contributed by atoms with van der Waals surface area (Å²) in [6.45, 7) is 9.54. The lowest BCUT2D eigenvalue weighted by Gasteiger charge is -2.23. The van der Waals surface area contributed by atoms with Gasteiger partial charge < -0.3 is 5.32 Å². The molecule has 0 amide bonds. The fraction of sp³-hybridized carbons (Fsp3) is 0.688. The summed E-state index contributed by atoms with van der Waals surface area (Å²) in [5.74, 6) is 1.67. The van der Waals surface area contributed by atoms with Gasteiger partial charge in [0.1, 0.15) is 5.82 Å². The second kappa shape index (κ2) is 7.28. The van der Waals surface area contributed by atoms with E-state index in [0.29, 0.717) is 0 Å². The number of nitrogens with zero attached hydrogens (tertiary/aromatic N) is 2. The zero-order chi connectivity index (χ0) is 14.5. The van der Waals surface area contributed by atoms with E-state index < -0.39 is 0 Å². The van der Waals surface area contributed by atoms with Crippen LogP contribution in [0.25, 0.3) is 0 Å². The molecule has 0 radical (unpaired) electrons. The van der Waals surface area contributed by atoms with Gasteiger partial charge in [-0.25, -0.2) is 4.98 Å². The Kier molecular flexibility index (Phi) is 5.67. The molecule has 20 heavy (non-hydrogen) atoms. The summed E-state index contributed by atoms with van der Waals surface area (Å²) in [6, 6.07) is 4.65. The molecule has 0 aromatic carbocycles. The molecule has 1 fully saturated rings. The van der Waals surface area contributed by atoms with E-state index in [4.69, 9.17) is 11.6 Å². The average molecular weight is 296 g/mol. The van der Waals surface area contributed by atoms with Gasteiger partial charge in [-0.15, -0.1) is 0 Å². The lowest BCUT2D eigenvalue weighted by molar-refractivity contribution is 0.237. The van der Waals surface area contributed by atoms with Crippen molar-refractivity contribution in [3.8, 4) is 0 Å². The van der Waals surface area contributed by atoms with Crippen LogP contribution in [0.4, 0.5) is 5.82 Å². The largest absolute Gasteiger partial charge is 0.370 e. The first-order valence-corrected chi connectivity index (χ1v) is 8.11. The molecule has 1 aromatic heterocycles. The number of nitrogens with one attached hydrogen (secondary N) is 1. The van der Waals surface area contributed by atoms with Gasteiger partial charge in [-0.05, 0) is 50.8 Å². The number of pyridine rings is 1. The summed E-state index contributed by atoms with van der Waals surface area (Å²) in [6.07, 6.45) is 3.88. The minimum atomic E-state index is 0.743. The molecular formula is C16H26ClN3. The normalized spacial score (nSPS) is 15.1. The number of anilines is 1. The van der Waals surface area contributed by atoms with Crippen LogP contribution in [0.5, 0.6) is 0 Å². The van der Waals surface area contributed by atoms with E-state index in [1.54, 1.807) is 0 Å². The van der Waals surface area contributed by atoms with Gasteiger partial charge in [0, 0.05) is 19.1 Å². The maximum absolute atomic E-state index is 6.31. The summed E-state index contributed by atoms with van der Waals surface area (Å²) < 4.78 is 0. The lowest BCUT2D eigenvalue weighted by atomic mass is 10.1. The van der Waals surface area contributed by atoms with E-state index >= 15 is 0 Å². The predicted octanol–water partition coefficient (Wildman–Crippen LogP) is 4.18. The van der Waals surface area contributed by atoms with Crippen molar-refractivity contribution in [2.24, 2.45) is 5.92 Å². The van der Waals surface area contributed by atoms with Crippen LogP contribution in [-0.4, -0.2) is 29.0 Å². The van der Waals surface area contributed by atoms with Crippen molar-refractivity contribution in [1.82, 2.24) is 9.88 Å². The quantitative estimate of drug-likeness (QED) is 0.780. The molecule has 3 nitrogen and oxygen atoms in total. The average Bonchev–Trinajstić information content (AvgIpc) is 3.22. The van der Waals surface area contributed by atoms with Crippen molar-refractivity contribution >= 4 is 17.4 Å². The molecule has 0 atom stereocenters. The Bertz CT molecular complexity index is 430. The Morgan fingerprint density at radius 1 is 1.40 bits per heavy atom. The summed E-state index contributed by atoms with van der Waals surface area (Å²) in [5.41, 5.74) is 1.00. The van der Waals surface area contributed by atoms with Crippen LogP contribution in [-0.2, 0) is 6.54 Å². The maximum atomic E-state index is 6.31. The van der Waals surface area contributed by atoms with E-state index in [1.165, 1.54) is 19.3 Å². The predicted molar refractivity (Wildman–Crippen MR) is 86.3 cm³/mol. The van der Waals surface area contributed by atoms with Crippen LogP contribution in [0.1, 0.15) is 45.7 Å². The first-order chi connectivity index (χ1) is 9.60. The SMILES string of the molecule is CCNc1ccc(Cl)c(CN(CCC(C)C)C2CC2)n1. The van der Waals surface area contributed by atoms with Gasteiger partial charge in [-0.1, -0.05) is 25.4 Å². The minimum Gasteiger partial charge on any atom is -0.370 e. The molecule has 0 spiro atoms. The third kappa shape index (κ3) is 4.64. The molecule has 0 saturated heterocycles. The number of aromatic nitrogens is 1. The monoisotopic (exact) mass is 295 g/mol. The Labute approximate surface area is 127 Å². The molecule has 1 aromatic rings. The summed E-state index contributed by atoms with van der Waals surface area (Å²) >= 11 is 6.31. The molecule has 1 aliphatic carbocycles. The Morgan fingerprint density at radius 3 is 2.75 bits per heavy atom. The highest BCUT2D eigenvalue weighted by Crippen LogP contribution is 2.30. The Morgan fingerprint density at radius 2 is 2.15 bits per heavy atom. The summed E-state index contributed by atoms with van der Waals surface area (Å²) in [5, 5.41) is 4.03. The number of hydrogen-bond donors (Lipinski definition) is 1. The number of halogens is 1. The highest BCUT2D eigenvalue weighted by atomic mass is 35.5. The van der Waals surface area contributed by atoms with Gasteiger partial charge in [-0.3, -0.25) is 4.90 Å². The molecule has 0 unspecified atom stereocenters. The molecular weight excluding hydrogens is 270 g/mol. The third-order valence-corrected chi connectivity index (χ3v) is 4.03. The van der Waals surface area contributed by atoms with Gasteiger partial charge in [-0.2, -0.15) is 0 Å². The molecule has 1 N–H and O–H groups in total. The highest BCUT2D eigenvalue weighted by molar-refractivity contribution is 6.31. The molecule has 112 valence electrons. The number of rotatable bonds is 8. The van der Waals surface area contributed by atoms with Gasteiger partial charge in [0.15, 0.2) is 0 Å². The van der Waals surface area contributed by atoms with Gasteiger partial charge in [0.2, 0.25) is 0 Å². The van der Waals surface area contributed by atoms with E-state index in [0.717, 1.165) is 48.1 Å². The number of hydrogen-bond acceptors (Lipinski definition) is 3. The molecule has 0 aliphatic heterocycles. The minimum absolute atomic E-state index is 0.743. The Hall–Kier alpha value is -0.800. The third-order valence-electron chi connectivity index (χ3n) is 3.69. The highest BCUT2D eigenvalue weighted by Gasteiger charge is 2.29. The Balaban J connectivity index is 2.03. The fourth-order valence-corrected chi connectivity index (χ4v) is 2.49. The van der Waals surface area contributed by atoms with Crippen molar-refractivity contribution in [1.29, 1.82) is 0 Å². The zero-order valence-corrected chi connectivity index (χ0v) is 13.6. The second-order valence-corrected chi connectivity index (χ2v) is 6.45. The maximum Gasteiger partial charge on any atom is 0.126 e. The molecule has 4 heteroatoms. The smallest absolute Gasteiger partial charge is 0.126 e. The van der Waals surface area contributed by atoms with Crippen molar-refractivity contribution in [2.45, 2.75) is 52.6 Å². The second-order valence-electron chi connectivity index (χ2n) is 6.04. The van der Waals surface area contributed by atoms with Crippen LogP contribution in [0.2, 0.25) is 5.02 Å². The van der Waals surface area contributed by atoms with Gasteiger partial charge in [0.25, 0.3) is 0 Å². The fourth-order valence-electron chi connectivity index (χ4n) is 2.32. The van der Waals surface area contributed by atoms with Gasteiger partial charge >= 0.3 is 0 Å². The molecule has 1 aliphatic rings. The van der Waals surface area contributed by atoms with Gasteiger partial charge in [0.05, 0.1) is 10.7 Å². The van der Waals surface area contributed by atoms with E-state index in [1.807, 2.05) is 12.1 Å². The molecule has 1 heterocycles. The zero-order valence-electron chi connectivity index (χ0n) is 12.8. The summed E-state index contributed by atoms with van der Waals surface area (Å²) in [7, 11) is 0. The van der Waals surface area contributed by atoms with Crippen LogP contribution < -0.4 is 5.32 Å². The van der Waals surface area contributed by atoms with E-state index in [2.05, 4.69) is 36.0 Å². The van der Waals surface area contributed by atoms with Crippen molar-refractivity contribution in [2.75, 3.05) is 18.4 Å². The van der Waals surface area contributed by atoms with Crippen molar-refractivity contribution in [3.63, 3.8) is 0 Å². The molecule has 1 saturated carbocycles. The first kappa shape index (κ1) is 15.6. The van der Waals surface area contributed by atoms with Crippen LogP contribution in [0.3, 0.4) is 0 Å². The van der Waals surface area contributed by atoms with Crippen LogP contribution >= 0.6 is 11.6 Å². The van der Waals surface area contributed by atoms with Crippen molar-refractivity contribution in [3.05, 3.63) is 22.8 Å². The van der Waals surface area contributed by atoms with E-state index in [9.17, 15) is 0 Å². The summed E-state index contributed by atoms with van der Waals surface area (Å²) in [4.78, 5) is 7.20. The van der Waals surface area contributed by atoms with Crippen LogP contribution in [0, 0.1) is 5.92 Å². The topological polar surface area (TPSA) is 28.2 Å².